The molecule has 1 N–H and O–H groups in total. The van der Waals surface area contributed by atoms with E-state index in [9.17, 15) is 4.79 Å². The van der Waals surface area contributed by atoms with Gasteiger partial charge in [0.1, 0.15) is 11.9 Å². The molecular weight excluding hydrogens is 348 g/mol. The van der Waals surface area contributed by atoms with Gasteiger partial charge < -0.3 is 15.0 Å². The van der Waals surface area contributed by atoms with Gasteiger partial charge in [0.15, 0.2) is 5.82 Å². The lowest BCUT2D eigenvalue weighted by Crippen LogP contribution is -2.38. The summed E-state index contributed by atoms with van der Waals surface area (Å²) in [7, 11) is 3.83. The molecule has 2 atom stereocenters. The monoisotopic (exact) mass is 368 g/mol. The Labute approximate surface area is 155 Å². The highest BCUT2D eigenvalue weighted by Crippen LogP contribution is 2.21. The van der Waals surface area contributed by atoms with Crippen LogP contribution in [-0.4, -0.2) is 62.9 Å². The van der Waals surface area contributed by atoms with E-state index in [0.717, 1.165) is 5.82 Å². The van der Waals surface area contributed by atoms with Crippen molar-refractivity contribution in [2.75, 3.05) is 37.5 Å². The van der Waals surface area contributed by atoms with Crippen molar-refractivity contribution < 1.29 is 4.74 Å². The highest BCUT2D eigenvalue weighted by Gasteiger charge is 2.32. The maximum absolute atomic E-state index is 12.4. The van der Waals surface area contributed by atoms with Crippen LogP contribution in [0.25, 0.3) is 5.82 Å². The number of rotatable bonds is 5. The van der Waals surface area contributed by atoms with Gasteiger partial charge in [0.05, 0.1) is 19.3 Å². The minimum atomic E-state index is -0.278. The van der Waals surface area contributed by atoms with Crippen LogP contribution in [0.15, 0.2) is 47.7 Å². The first kappa shape index (κ1) is 17.2. The maximum atomic E-state index is 12.4. The summed E-state index contributed by atoms with van der Waals surface area (Å²) < 4.78 is 8.66. The van der Waals surface area contributed by atoms with Gasteiger partial charge in [-0.3, -0.25) is 4.79 Å². The smallest absolute Gasteiger partial charge is 0.267 e. The van der Waals surface area contributed by atoms with E-state index >= 15 is 0 Å². The Bertz CT molecular complexity index is 969. The van der Waals surface area contributed by atoms with Crippen LogP contribution in [0.2, 0.25) is 0 Å². The number of anilines is 2. The zero-order valence-electron chi connectivity index (χ0n) is 15.1. The number of nitrogens with one attached hydrogen (secondary N) is 1. The molecule has 2 unspecified atom stereocenters. The molecule has 0 amide bonds. The van der Waals surface area contributed by atoms with Crippen molar-refractivity contribution >= 4 is 11.8 Å². The molecule has 0 aliphatic carbocycles. The first-order valence-electron chi connectivity index (χ1n) is 8.56. The molecule has 3 aromatic heterocycles. The molecule has 0 radical (unpaired) electrons. The molecule has 1 fully saturated rings. The summed E-state index contributed by atoms with van der Waals surface area (Å²) in [6.45, 7) is 0.806. The van der Waals surface area contributed by atoms with Crippen LogP contribution in [0.5, 0.6) is 0 Å². The van der Waals surface area contributed by atoms with Gasteiger partial charge in [0, 0.05) is 38.8 Å². The summed E-state index contributed by atoms with van der Waals surface area (Å²) >= 11 is 0. The minimum absolute atomic E-state index is 0.180. The van der Waals surface area contributed by atoms with Crippen molar-refractivity contribution in [3.8, 4) is 5.82 Å². The van der Waals surface area contributed by atoms with Crippen LogP contribution >= 0.6 is 0 Å². The molecule has 10 heteroatoms. The summed E-state index contributed by atoms with van der Waals surface area (Å²) in [6.07, 6.45) is 5.13. The SMILES string of the molecule is CN(C)c1ccnc(NC2COCC2n2nc(-n3cccn3)ccc2=O)n1. The van der Waals surface area contributed by atoms with E-state index in [0.29, 0.717) is 25.0 Å². The summed E-state index contributed by atoms with van der Waals surface area (Å²) in [5.41, 5.74) is -0.198. The lowest BCUT2D eigenvalue weighted by molar-refractivity contribution is 0.182. The quantitative estimate of drug-likeness (QED) is 0.688. The van der Waals surface area contributed by atoms with Crippen LogP contribution in [0.1, 0.15) is 6.04 Å². The summed E-state index contributed by atoms with van der Waals surface area (Å²) in [6, 6.07) is 6.30. The normalized spacial score (nSPS) is 19.2. The van der Waals surface area contributed by atoms with E-state index in [1.807, 2.05) is 25.1 Å². The van der Waals surface area contributed by atoms with Gasteiger partial charge in [-0.25, -0.2) is 14.3 Å². The zero-order valence-corrected chi connectivity index (χ0v) is 15.1. The standard InChI is InChI=1S/C17H20N8O2/c1-23(2)14-6-8-18-17(21-14)20-12-10-27-11-13(12)25-16(26)5-4-15(22-25)24-9-3-7-19-24/h3-9,12-13H,10-11H2,1-2H3,(H,18,20,21). The predicted octanol–water partition coefficient (Wildman–Crippen LogP) is 0.337. The summed E-state index contributed by atoms with van der Waals surface area (Å²) in [5, 5.41) is 11.9. The first-order valence-corrected chi connectivity index (χ1v) is 8.56. The zero-order chi connectivity index (χ0) is 18.8. The maximum Gasteiger partial charge on any atom is 0.267 e. The second-order valence-electron chi connectivity index (χ2n) is 6.41. The fourth-order valence-electron chi connectivity index (χ4n) is 2.93. The van der Waals surface area contributed by atoms with Crippen molar-refractivity contribution in [3.05, 3.63) is 53.2 Å². The average Bonchev–Trinajstić information content (AvgIpc) is 3.35. The molecule has 0 spiro atoms. The Morgan fingerprint density at radius 2 is 2.11 bits per heavy atom. The molecule has 10 nitrogen and oxygen atoms in total. The van der Waals surface area contributed by atoms with Crippen molar-refractivity contribution in [1.82, 2.24) is 29.5 Å². The number of aromatic nitrogens is 6. The second-order valence-corrected chi connectivity index (χ2v) is 6.41. The molecule has 1 aliphatic rings. The third-order valence-corrected chi connectivity index (χ3v) is 4.33. The largest absolute Gasteiger partial charge is 0.377 e. The summed E-state index contributed by atoms with van der Waals surface area (Å²) in [4.78, 5) is 23.1. The van der Waals surface area contributed by atoms with Crippen LogP contribution in [-0.2, 0) is 4.74 Å². The molecule has 0 aromatic carbocycles. The minimum Gasteiger partial charge on any atom is -0.377 e. The molecule has 140 valence electrons. The van der Waals surface area contributed by atoms with Gasteiger partial charge in [-0.2, -0.15) is 10.1 Å². The lowest BCUT2D eigenvalue weighted by atomic mass is 10.2. The highest BCUT2D eigenvalue weighted by molar-refractivity contribution is 5.41. The molecule has 0 saturated carbocycles. The van der Waals surface area contributed by atoms with Crippen LogP contribution in [0, 0.1) is 0 Å². The van der Waals surface area contributed by atoms with Crippen molar-refractivity contribution in [2.24, 2.45) is 0 Å². The number of ether oxygens (including phenoxy) is 1. The van der Waals surface area contributed by atoms with Crippen LogP contribution in [0.3, 0.4) is 0 Å². The number of nitrogens with zero attached hydrogens (tertiary/aromatic N) is 7. The topological polar surface area (TPSA) is 103 Å². The van der Waals surface area contributed by atoms with E-state index in [2.05, 4.69) is 25.5 Å². The van der Waals surface area contributed by atoms with E-state index in [1.54, 1.807) is 35.4 Å². The Hall–Kier alpha value is -3.27. The molecule has 3 aromatic rings. The number of hydrogen-bond donors (Lipinski definition) is 1. The van der Waals surface area contributed by atoms with Crippen LogP contribution < -0.4 is 15.8 Å². The molecule has 0 bridgehead atoms. The van der Waals surface area contributed by atoms with Gasteiger partial charge in [0.2, 0.25) is 5.95 Å². The van der Waals surface area contributed by atoms with Gasteiger partial charge in [0.25, 0.3) is 5.56 Å². The van der Waals surface area contributed by atoms with Crippen LogP contribution in [0.4, 0.5) is 11.8 Å². The lowest BCUT2D eigenvalue weighted by Gasteiger charge is -2.21. The van der Waals surface area contributed by atoms with Gasteiger partial charge in [-0.05, 0) is 18.2 Å². The number of hydrogen-bond acceptors (Lipinski definition) is 8. The molecule has 4 rings (SSSR count). The molecular formula is C17H20N8O2. The Balaban J connectivity index is 1.61. The van der Waals surface area contributed by atoms with Gasteiger partial charge in [-0.1, -0.05) is 0 Å². The Kier molecular flexibility index (Phi) is 4.55. The van der Waals surface area contributed by atoms with Gasteiger partial charge >= 0.3 is 0 Å². The first-order chi connectivity index (χ1) is 13.1. The van der Waals surface area contributed by atoms with E-state index in [4.69, 9.17) is 4.74 Å². The third-order valence-electron chi connectivity index (χ3n) is 4.33. The Morgan fingerprint density at radius 1 is 1.22 bits per heavy atom. The van der Waals surface area contributed by atoms with Crippen molar-refractivity contribution in [2.45, 2.75) is 12.1 Å². The highest BCUT2D eigenvalue weighted by atomic mass is 16.5. The van der Waals surface area contributed by atoms with E-state index < -0.39 is 0 Å². The molecule has 1 aliphatic heterocycles. The summed E-state index contributed by atoms with van der Waals surface area (Å²) in [5.74, 6) is 1.84. The molecule has 1 saturated heterocycles. The predicted molar refractivity (Wildman–Crippen MR) is 99.2 cm³/mol. The van der Waals surface area contributed by atoms with E-state index in [1.165, 1.54) is 10.7 Å². The van der Waals surface area contributed by atoms with Crippen molar-refractivity contribution in [1.29, 1.82) is 0 Å². The van der Waals surface area contributed by atoms with Crippen molar-refractivity contribution in [3.63, 3.8) is 0 Å². The van der Waals surface area contributed by atoms with Gasteiger partial charge in [-0.15, -0.1) is 5.10 Å². The van der Waals surface area contributed by atoms with E-state index in [-0.39, 0.29) is 17.6 Å². The fraction of sp³-hybridized carbons (Fsp3) is 0.353. The molecule has 27 heavy (non-hydrogen) atoms. The third kappa shape index (κ3) is 3.51. The Morgan fingerprint density at radius 3 is 2.89 bits per heavy atom. The molecule has 4 heterocycles. The second kappa shape index (κ2) is 7.16. The average molecular weight is 368 g/mol. The fourth-order valence-corrected chi connectivity index (χ4v) is 2.93.